The van der Waals surface area contributed by atoms with Gasteiger partial charge in [0.25, 0.3) is 5.69 Å². The minimum atomic E-state index is -0.459. The van der Waals surface area contributed by atoms with Gasteiger partial charge in [0.15, 0.2) is 0 Å². The highest BCUT2D eigenvalue weighted by atomic mass is 16.6. The van der Waals surface area contributed by atoms with Crippen molar-refractivity contribution in [3.05, 3.63) is 46.0 Å². The van der Waals surface area contributed by atoms with Crippen molar-refractivity contribution in [1.82, 2.24) is 9.80 Å². The lowest BCUT2D eigenvalue weighted by molar-refractivity contribution is -0.384. The Morgan fingerprint density at radius 3 is 2.68 bits per heavy atom. The van der Waals surface area contributed by atoms with Crippen LogP contribution in [0.2, 0.25) is 0 Å². The van der Waals surface area contributed by atoms with Crippen LogP contribution in [-0.4, -0.2) is 65.1 Å². The predicted molar refractivity (Wildman–Crippen MR) is 82.2 cm³/mol. The Morgan fingerprint density at radius 1 is 1.32 bits per heavy atom. The molecule has 1 heterocycles. The van der Waals surface area contributed by atoms with Gasteiger partial charge >= 0.3 is 0 Å². The average Bonchev–Trinajstić information content (AvgIpc) is 2.54. The summed E-state index contributed by atoms with van der Waals surface area (Å²) in [6.07, 6.45) is 3.04. The summed E-state index contributed by atoms with van der Waals surface area (Å²) in [6, 6.07) is 6.16. The van der Waals surface area contributed by atoms with Gasteiger partial charge in [-0.15, -0.1) is 0 Å². The van der Waals surface area contributed by atoms with Crippen LogP contribution in [0.4, 0.5) is 5.69 Å². The van der Waals surface area contributed by atoms with Gasteiger partial charge in [0.1, 0.15) is 0 Å². The Kier molecular flexibility index (Phi) is 5.62. The second-order valence-corrected chi connectivity index (χ2v) is 5.08. The number of hydrogen-bond donors (Lipinski definition) is 1. The largest absolute Gasteiger partial charge is 0.395 e. The summed E-state index contributed by atoms with van der Waals surface area (Å²) in [5.74, 6) is -0.102. The summed E-state index contributed by atoms with van der Waals surface area (Å²) in [7, 11) is 0. The van der Waals surface area contributed by atoms with Crippen molar-refractivity contribution < 1.29 is 14.8 Å². The van der Waals surface area contributed by atoms with E-state index in [0.717, 1.165) is 13.1 Å². The monoisotopic (exact) mass is 305 g/mol. The number of piperazine rings is 1. The van der Waals surface area contributed by atoms with E-state index in [0.29, 0.717) is 25.2 Å². The lowest BCUT2D eigenvalue weighted by Gasteiger charge is -2.33. The van der Waals surface area contributed by atoms with E-state index in [1.165, 1.54) is 18.2 Å². The number of aliphatic hydroxyl groups is 1. The van der Waals surface area contributed by atoms with Crippen LogP contribution in [-0.2, 0) is 4.79 Å². The van der Waals surface area contributed by atoms with Crippen molar-refractivity contribution in [3.8, 4) is 0 Å². The smallest absolute Gasteiger partial charge is 0.270 e. The maximum absolute atomic E-state index is 12.1. The predicted octanol–water partition coefficient (Wildman–Crippen LogP) is 0.744. The van der Waals surface area contributed by atoms with Gasteiger partial charge in [-0.25, -0.2) is 0 Å². The van der Waals surface area contributed by atoms with E-state index < -0.39 is 4.92 Å². The molecule has 0 aliphatic carbocycles. The SMILES string of the molecule is O=C(/C=C/c1cccc([N+](=O)[O-])c1)N1CCN(CCO)CC1. The van der Waals surface area contributed by atoms with Crippen molar-refractivity contribution >= 4 is 17.7 Å². The molecule has 0 spiro atoms. The van der Waals surface area contributed by atoms with Gasteiger partial charge in [0, 0.05) is 50.9 Å². The normalized spacial score (nSPS) is 16.1. The van der Waals surface area contributed by atoms with Crippen LogP contribution in [0.1, 0.15) is 5.56 Å². The minimum absolute atomic E-state index is 0.00668. The third kappa shape index (κ3) is 4.37. The first-order valence-corrected chi connectivity index (χ1v) is 7.15. The zero-order valence-corrected chi connectivity index (χ0v) is 12.2. The molecule has 1 saturated heterocycles. The lowest BCUT2D eigenvalue weighted by Crippen LogP contribution is -2.48. The first-order valence-electron chi connectivity index (χ1n) is 7.15. The zero-order valence-electron chi connectivity index (χ0n) is 12.2. The van der Waals surface area contributed by atoms with Crippen molar-refractivity contribution in [2.75, 3.05) is 39.3 Å². The summed E-state index contributed by atoms with van der Waals surface area (Å²) in [6.45, 7) is 3.50. The number of carbonyl (C=O) groups is 1. The number of carbonyl (C=O) groups excluding carboxylic acids is 1. The molecule has 1 aromatic rings. The van der Waals surface area contributed by atoms with Crippen molar-refractivity contribution in [2.45, 2.75) is 0 Å². The van der Waals surface area contributed by atoms with Gasteiger partial charge in [0.2, 0.25) is 5.91 Å². The summed E-state index contributed by atoms with van der Waals surface area (Å²) in [4.78, 5) is 26.2. The van der Waals surface area contributed by atoms with Crippen LogP contribution in [0.15, 0.2) is 30.3 Å². The van der Waals surface area contributed by atoms with E-state index >= 15 is 0 Å². The van der Waals surface area contributed by atoms with Crippen LogP contribution < -0.4 is 0 Å². The van der Waals surface area contributed by atoms with Crippen molar-refractivity contribution in [2.24, 2.45) is 0 Å². The minimum Gasteiger partial charge on any atom is -0.395 e. The molecule has 22 heavy (non-hydrogen) atoms. The molecule has 7 heteroatoms. The number of nitro benzene ring substituents is 1. The van der Waals surface area contributed by atoms with Crippen LogP contribution in [0.5, 0.6) is 0 Å². The fourth-order valence-electron chi connectivity index (χ4n) is 2.35. The summed E-state index contributed by atoms with van der Waals surface area (Å²) in [5, 5.41) is 19.6. The highest BCUT2D eigenvalue weighted by molar-refractivity contribution is 5.91. The number of amides is 1. The van der Waals surface area contributed by atoms with E-state index in [-0.39, 0.29) is 18.2 Å². The van der Waals surface area contributed by atoms with Gasteiger partial charge < -0.3 is 10.0 Å². The lowest BCUT2D eigenvalue weighted by atomic mass is 10.2. The van der Waals surface area contributed by atoms with Crippen LogP contribution in [0.3, 0.4) is 0 Å². The second-order valence-electron chi connectivity index (χ2n) is 5.08. The Labute approximate surface area is 128 Å². The Balaban J connectivity index is 1.92. The number of rotatable bonds is 5. The number of nitro groups is 1. The Hall–Kier alpha value is -2.25. The standard InChI is InChI=1S/C15H19N3O4/c19-11-10-16-6-8-17(9-7-16)15(20)5-4-13-2-1-3-14(12-13)18(21)22/h1-5,12,19H,6-11H2/b5-4+. The van der Waals surface area contributed by atoms with Gasteiger partial charge in [-0.3, -0.25) is 19.8 Å². The molecular formula is C15H19N3O4. The molecule has 1 aromatic carbocycles. The molecule has 7 nitrogen and oxygen atoms in total. The van der Waals surface area contributed by atoms with E-state index in [4.69, 9.17) is 5.11 Å². The quantitative estimate of drug-likeness (QED) is 0.492. The number of non-ortho nitro benzene ring substituents is 1. The summed E-state index contributed by atoms with van der Waals surface area (Å²) < 4.78 is 0. The second kappa shape index (κ2) is 7.67. The third-order valence-corrected chi connectivity index (χ3v) is 3.60. The van der Waals surface area contributed by atoms with Crippen LogP contribution in [0.25, 0.3) is 6.08 Å². The molecule has 1 aliphatic rings. The molecule has 0 radical (unpaired) electrons. The molecule has 1 aliphatic heterocycles. The number of nitrogens with zero attached hydrogens (tertiary/aromatic N) is 3. The molecule has 2 rings (SSSR count). The first-order chi connectivity index (χ1) is 10.6. The molecule has 1 fully saturated rings. The molecule has 118 valence electrons. The Morgan fingerprint density at radius 2 is 2.05 bits per heavy atom. The molecule has 0 bridgehead atoms. The highest BCUT2D eigenvalue weighted by Gasteiger charge is 2.18. The summed E-state index contributed by atoms with van der Waals surface area (Å²) in [5.41, 5.74) is 0.633. The van der Waals surface area contributed by atoms with Crippen molar-refractivity contribution in [3.63, 3.8) is 0 Å². The van der Waals surface area contributed by atoms with E-state index in [9.17, 15) is 14.9 Å². The number of β-amino-alcohol motifs (C(OH)–C–C–N with tert-alkyl or cyclic N) is 1. The molecule has 1 N–H and O–H groups in total. The first kappa shape index (κ1) is 16.1. The van der Waals surface area contributed by atoms with Gasteiger partial charge in [-0.2, -0.15) is 0 Å². The van der Waals surface area contributed by atoms with Gasteiger partial charge in [-0.05, 0) is 11.6 Å². The maximum atomic E-state index is 12.1. The Bertz CT molecular complexity index is 566. The average molecular weight is 305 g/mol. The number of hydrogen-bond acceptors (Lipinski definition) is 5. The van der Waals surface area contributed by atoms with Crippen molar-refractivity contribution in [1.29, 1.82) is 0 Å². The highest BCUT2D eigenvalue weighted by Crippen LogP contribution is 2.14. The van der Waals surface area contributed by atoms with Crippen LogP contribution in [0, 0.1) is 10.1 Å². The number of aliphatic hydroxyl groups excluding tert-OH is 1. The maximum Gasteiger partial charge on any atom is 0.270 e. The molecule has 0 aromatic heterocycles. The fourth-order valence-corrected chi connectivity index (χ4v) is 2.35. The molecule has 0 saturated carbocycles. The van der Waals surface area contributed by atoms with E-state index in [2.05, 4.69) is 4.90 Å². The topological polar surface area (TPSA) is 86.9 Å². The molecule has 0 unspecified atom stereocenters. The summed E-state index contributed by atoms with van der Waals surface area (Å²) >= 11 is 0. The fraction of sp³-hybridized carbons (Fsp3) is 0.400. The van der Waals surface area contributed by atoms with Gasteiger partial charge in [-0.1, -0.05) is 12.1 Å². The number of benzene rings is 1. The van der Waals surface area contributed by atoms with Crippen LogP contribution >= 0.6 is 0 Å². The molecule has 0 atom stereocenters. The third-order valence-electron chi connectivity index (χ3n) is 3.60. The molecule has 1 amide bonds. The molecular weight excluding hydrogens is 286 g/mol. The van der Waals surface area contributed by atoms with E-state index in [1.54, 1.807) is 23.1 Å². The van der Waals surface area contributed by atoms with Gasteiger partial charge in [0.05, 0.1) is 11.5 Å². The van der Waals surface area contributed by atoms with E-state index in [1.807, 2.05) is 0 Å². The zero-order chi connectivity index (χ0) is 15.9.